The molecule has 0 saturated carbocycles. The summed E-state index contributed by atoms with van der Waals surface area (Å²) in [5, 5.41) is 0.638. The third-order valence-corrected chi connectivity index (χ3v) is 8.11. The highest BCUT2D eigenvalue weighted by Crippen LogP contribution is 2.36. The Morgan fingerprint density at radius 2 is 1.78 bits per heavy atom. The van der Waals surface area contributed by atoms with Gasteiger partial charge in [0.25, 0.3) is 0 Å². The molecule has 1 aromatic carbocycles. The van der Waals surface area contributed by atoms with E-state index in [4.69, 9.17) is 16.3 Å². The standard InChI is InChI=1S/C27H32ClF3N4O2/c28-20-9-7-19(8-10-20)17-22-18-34-14-4-2-5-23(34)25(37-26(36)27(29,30)31)35(22)21-11-15-33(16-12-21)24-6-1-3-13-32-24/h1,3,6-10,13,21-23,25H,2,4-5,11-12,14-18H2/t22-,23-,25?/m0/s1. The second-order valence-electron chi connectivity index (χ2n) is 10.2. The fraction of sp³-hybridized carbons (Fsp3) is 0.556. The molecule has 3 fully saturated rings. The third kappa shape index (κ3) is 6.04. The van der Waals surface area contributed by atoms with E-state index in [-0.39, 0.29) is 18.1 Å². The molecule has 0 aliphatic carbocycles. The summed E-state index contributed by atoms with van der Waals surface area (Å²) in [6.45, 7) is 3.00. The Balaban J connectivity index is 1.43. The van der Waals surface area contributed by atoms with Gasteiger partial charge in [-0.1, -0.05) is 36.2 Å². The molecule has 2 aromatic rings. The zero-order valence-electron chi connectivity index (χ0n) is 20.6. The van der Waals surface area contributed by atoms with Crippen LogP contribution in [0.1, 0.15) is 37.7 Å². The molecule has 10 heteroatoms. The Hall–Kier alpha value is -2.36. The van der Waals surface area contributed by atoms with Crippen molar-refractivity contribution in [1.82, 2.24) is 14.8 Å². The van der Waals surface area contributed by atoms with Crippen molar-refractivity contribution in [2.75, 3.05) is 31.1 Å². The molecule has 0 bridgehead atoms. The summed E-state index contributed by atoms with van der Waals surface area (Å²) >= 11 is 6.09. The second kappa shape index (κ2) is 11.2. The maximum atomic E-state index is 13.4. The van der Waals surface area contributed by atoms with Gasteiger partial charge >= 0.3 is 12.1 Å². The Morgan fingerprint density at radius 3 is 2.46 bits per heavy atom. The van der Waals surface area contributed by atoms with E-state index in [1.165, 1.54) is 0 Å². The SMILES string of the molecule is O=C(OC1[C@@H]2CCCCN2C[C@H](Cc2ccc(Cl)cc2)N1C1CCN(c2ccccn2)CC1)C(F)(F)F. The van der Waals surface area contributed by atoms with Crippen molar-refractivity contribution in [2.45, 2.75) is 69.1 Å². The van der Waals surface area contributed by atoms with Gasteiger partial charge in [-0.25, -0.2) is 9.78 Å². The molecule has 0 N–H and O–H groups in total. The number of benzene rings is 1. The first-order chi connectivity index (χ1) is 17.8. The largest absolute Gasteiger partial charge is 0.490 e. The molecule has 0 spiro atoms. The Labute approximate surface area is 220 Å². The number of ether oxygens (including phenoxy) is 1. The number of hydrogen-bond donors (Lipinski definition) is 0. The quantitative estimate of drug-likeness (QED) is 0.506. The van der Waals surface area contributed by atoms with Crippen molar-refractivity contribution in [3.8, 4) is 0 Å². The number of nitrogens with zero attached hydrogens (tertiary/aromatic N) is 4. The van der Waals surface area contributed by atoms with E-state index in [0.717, 1.165) is 63.2 Å². The fourth-order valence-corrected chi connectivity index (χ4v) is 6.28. The van der Waals surface area contributed by atoms with Gasteiger partial charge in [-0.2, -0.15) is 13.2 Å². The highest BCUT2D eigenvalue weighted by Gasteiger charge is 2.51. The molecule has 3 saturated heterocycles. The molecule has 37 heavy (non-hydrogen) atoms. The van der Waals surface area contributed by atoms with Crippen molar-refractivity contribution < 1.29 is 22.7 Å². The summed E-state index contributed by atoms with van der Waals surface area (Å²) in [6.07, 6.45) is 0.553. The maximum Gasteiger partial charge on any atom is 0.490 e. The zero-order chi connectivity index (χ0) is 26.0. The summed E-state index contributed by atoms with van der Waals surface area (Å²) in [5.74, 6) is -1.21. The number of alkyl halides is 3. The molecule has 6 nitrogen and oxygen atoms in total. The lowest BCUT2D eigenvalue weighted by atomic mass is 9.89. The van der Waals surface area contributed by atoms with Crippen molar-refractivity contribution in [1.29, 1.82) is 0 Å². The van der Waals surface area contributed by atoms with Gasteiger partial charge in [-0.15, -0.1) is 0 Å². The number of fused-ring (bicyclic) bond motifs is 1. The molecule has 1 unspecified atom stereocenters. The van der Waals surface area contributed by atoms with E-state index >= 15 is 0 Å². The third-order valence-electron chi connectivity index (χ3n) is 7.86. The Bertz CT molecular complexity index is 1050. The Kier molecular flexibility index (Phi) is 7.93. The van der Waals surface area contributed by atoms with E-state index in [1.807, 2.05) is 42.5 Å². The van der Waals surface area contributed by atoms with Gasteiger partial charge in [-0.3, -0.25) is 9.80 Å². The van der Waals surface area contributed by atoms with Crippen LogP contribution in [0.5, 0.6) is 0 Å². The lowest BCUT2D eigenvalue weighted by Gasteiger charge is -2.56. The number of rotatable bonds is 5. The molecule has 200 valence electrons. The van der Waals surface area contributed by atoms with Crippen LogP contribution in [0.4, 0.5) is 19.0 Å². The average molecular weight is 537 g/mol. The normalized spacial score (nSPS) is 26.1. The van der Waals surface area contributed by atoms with Crippen LogP contribution in [0, 0.1) is 0 Å². The van der Waals surface area contributed by atoms with Crippen LogP contribution >= 0.6 is 11.6 Å². The second-order valence-corrected chi connectivity index (χ2v) is 10.6. The highest BCUT2D eigenvalue weighted by molar-refractivity contribution is 6.30. The van der Waals surface area contributed by atoms with Crippen LogP contribution in [0.2, 0.25) is 5.02 Å². The number of piperidine rings is 2. The first kappa shape index (κ1) is 26.3. The molecule has 3 aliphatic rings. The number of esters is 1. The first-order valence-corrected chi connectivity index (χ1v) is 13.4. The first-order valence-electron chi connectivity index (χ1n) is 13.0. The number of carbonyl (C=O) groups is 1. The molecular weight excluding hydrogens is 505 g/mol. The van der Waals surface area contributed by atoms with Crippen LogP contribution in [0.15, 0.2) is 48.7 Å². The van der Waals surface area contributed by atoms with Gasteiger partial charge in [0.2, 0.25) is 0 Å². The minimum Gasteiger partial charge on any atom is -0.438 e. The number of pyridine rings is 1. The van der Waals surface area contributed by atoms with Crippen LogP contribution < -0.4 is 4.90 Å². The number of piperazine rings is 1. The summed E-state index contributed by atoms with van der Waals surface area (Å²) in [7, 11) is 0. The predicted molar refractivity (Wildman–Crippen MR) is 135 cm³/mol. The van der Waals surface area contributed by atoms with Gasteiger partial charge in [0.15, 0.2) is 6.23 Å². The van der Waals surface area contributed by atoms with Crippen molar-refractivity contribution in [3.05, 3.63) is 59.2 Å². The smallest absolute Gasteiger partial charge is 0.438 e. The zero-order valence-corrected chi connectivity index (χ0v) is 21.4. The van der Waals surface area contributed by atoms with Gasteiger partial charge in [0, 0.05) is 42.9 Å². The summed E-state index contributed by atoms with van der Waals surface area (Å²) in [4.78, 5) is 23.2. The molecule has 0 amide bonds. The molecule has 4 heterocycles. The summed E-state index contributed by atoms with van der Waals surface area (Å²) < 4.78 is 45.5. The van der Waals surface area contributed by atoms with Gasteiger partial charge in [0.05, 0.1) is 6.04 Å². The summed E-state index contributed by atoms with van der Waals surface area (Å²) in [6, 6.07) is 13.0. The lowest BCUT2D eigenvalue weighted by Crippen LogP contribution is -2.69. The topological polar surface area (TPSA) is 48.9 Å². The van der Waals surface area contributed by atoms with Crippen molar-refractivity contribution in [3.63, 3.8) is 0 Å². The van der Waals surface area contributed by atoms with Crippen LogP contribution in [0.25, 0.3) is 0 Å². The Morgan fingerprint density at radius 1 is 1.03 bits per heavy atom. The van der Waals surface area contributed by atoms with Gasteiger partial charge < -0.3 is 9.64 Å². The molecule has 1 aromatic heterocycles. The molecule has 5 rings (SSSR count). The molecule has 0 radical (unpaired) electrons. The number of halogens is 4. The number of hydrogen-bond acceptors (Lipinski definition) is 6. The number of anilines is 1. The number of aromatic nitrogens is 1. The van der Waals surface area contributed by atoms with Gasteiger partial charge in [-0.05, 0) is 68.5 Å². The van der Waals surface area contributed by atoms with Crippen molar-refractivity contribution in [2.24, 2.45) is 0 Å². The van der Waals surface area contributed by atoms with E-state index in [1.54, 1.807) is 6.20 Å². The maximum absolute atomic E-state index is 13.4. The highest BCUT2D eigenvalue weighted by atomic mass is 35.5. The van der Waals surface area contributed by atoms with E-state index < -0.39 is 18.4 Å². The average Bonchev–Trinajstić information content (AvgIpc) is 2.90. The van der Waals surface area contributed by atoms with Crippen LogP contribution in [-0.4, -0.2) is 77.5 Å². The lowest BCUT2D eigenvalue weighted by molar-refractivity contribution is -0.232. The van der Waals surface area contributed by atoms with Gasteiger partial charge in [0.1, 0.15) is 5.82 Å². The summed E-state index contributed by atoms with van der Waals surface area (Å²) in [5.41, 5.74) is 1.06. The van der Waals surface area contributed by atoms with Crippen LogP contribution in [0.3, 0.4) is 0 Å². The molecular formula is C27H32ClF3N4O2. The number of carbonyl (C=O) groups excluding carboxylic acids is 1. The van der Waals surface area contributed by atoms with Crippen molar-refractivity contribution >= 4 is 23.4 Å². The predicted octanol–water partition coefficient (Wildman–Crippen LogP) is 4.92. The minimum atomic E-state index is -5.03. The monoisotopic (exact) mass is 536 g/mol. The van der Waals surface area contributed by atoms with E-state index in [2.05, 4.69) is 19.7 Å². The molecule has 3 aliphatic heterocycles. The fourth-order valence-electron chi connectivity index (χ4n) is 6.16. The van der Waals surface area contributed by atoms with Crippen LogP contribution in [-0.2, 0) is 16.0 Å². The molecule has 3 atom stereocenters. The minimum absolute atomic E-state index is 0.00706. The van der Waals surface area contributed by atoms with E-state index in [0.29, 0.717) is 17.9 Å². The van der Waals surface area contributed by atoms with E-state index in [9.17, 15) is 18.0 Å².